The van der Waals surface area contributed by atoms with Crippen LogP contribution in [0.5, 0.6) is 0 Å². The molecular weight excluding hydrogens is 420 g/mol. The minimum Gasteiger partial charge on any atom is -0.463 e. The predicted octanol–water partition coefficient (Wildman–Crippen LogP) is 0.0320. The zero-order valence-electron chi connectivity index (χ0n) is 20.0. The Labute approximate surface area is 189 Å². The molecule has 0 aliphatic carbocycles. The van der Waals surface area contributed by atoms with Crippen molar-refractivity contribution in [2.45, 2.75) is 59.2 Å². The Morgan fingerprint density at radius 3 is 2.22 bits per heavy atom. The number of amides is 3. The average Bonchev–Trinajstić information content (AvgIpc) is 2.69. The molecule has 0 saturated carbocycles. The molecule has 1 aliphatic heterocycles. The molecule has 3 amide bonds. The lowest BCUT2D eigenvalue weighted by Gasteiger charge is -2.26. The lowest BCUT2D eigenvalue weighted by molar-refractivity contribution is -0.148. The number of alkyl carbamates (subject to hydrolysis) is 1. The molecule has 1 aliphatic rings. The van der Waals surface area contributed by atoms with Gasteiger partial charge in [-0.2, -0.15) is 0 Å². The molecule has 32 heavy (non-hydrogen) atoms. The number of carbonyl (C=O) groups is 4. The summed E-state index contributed by atoms with van der Waals surface area (Å²) in [6.07, 6.45) is -0.730. The van der Waals surface area contributed by atoms with Crippen molar-refractivity contribution in [3.63, 3.8) is 0 Å². The fourth-order valence-electron chi connectivity index (χ4n) is 2.81. The molecule has 1 saturated heterocycles. The van der Waals surface area contributed by atoms with E-state index < -0.39 is 41.6 Å². The Balaban J connectivity index is 2.43. The van der Waals surface area contributed by atoms with E-state index in [2.05, 4.69) is 20.9 Å². The van der Waals surface area contributed by atoms with Gasteiger partial charge in [-0.15, -0.1) is 0 Å². The second-order valence-electron chi connectivity index (χ2n) is 9.00. The summed E-state index contributed by atoms with van der Waals surface area (Å²) >= 11 is 0. The Bertz CT molecular complexity index is 643. The molecule has 1 fully saturated rings. The van der Waals surface area contributed by atoms with Crippen LogP contribution < -0.4 is 16.0 Å². The largest absolute Gasteiger partial charge is 0.463 e. The van der Waals surface area contributed by atoms with Crippen LogP contribution in [0.1, 0.15) is 41.5 Å². The topological polar surface area (TPSA) is 135 Å². The highest BCUT2D eigenvalue weighted by Crippen LogP contribution is 2.06. The maximum atomic E-state index is 12.6. The van der Waals surface area contributed by atoms with Crippen molar-refractivity contribution in [3.05, 3.63) is 0 Å². The van der Waals surface area contributed by atoms with E-state index in [1.807, 2.05) is 0 Å². The van der Waals surface area contributed by atoms with Gasteiger partial charge in [0.25, 0.3) is 0 Å². The number of hydrogen-bond acceptors (Lipinski definition) is 8. The van der Waals surface area contributed by atoms with Gasteiger partial charge in [0.1, 0.15) is 30.8 Å². The highest BCUT2D eigenvalue weighted by molar-refractivity contribution is 5.91. The Morgan fingerprint density at radius 2 is 1.66 bits per heavy atom. The van der Waals surface area contributed by atoms with E-state index >= 15 is 0 Å². The third-order valence-corrected chi connectivity index (χ3v) is 4.53. The molecule has 11 heteroatoms. The van der Waals surface area contributed by atoms with Crippen molar-refractivity contribution < 1.29 is 33.4 Å². The van der Waals surface area contributed by atoms with Gasteiger partial charge in [0.05, 0.1) is 13.2 Å². The van der Waals surface area contributed by atoms with Gasteiger partial charge >= 0.3 is 12.1 Å². The Kier molecular flexibility index (Phi) is 11.4. The predicted molar refractivity (Wildman–Crippen MR) is 117 cm³/mol. The van der Waals surface area contributed by atoms with Gasteiger partial charge in [-0.05, 0) is 33.6 Å². The van der Waals surface area contributed by atoms with E-state index in [1.165, 1.54) is 6.92 Å². The van der Waals surface area contributed by atoms with Crippen LogP contribution in [0, 0.1) is 5.92 Å². The Morgan fingerprint density at radius 1 is 1.03 bits per heavy atom. The first-order valence-electron chi connectivity index (χ1n) is 10.9. The first kappa shape index (κ1) is 27.6. The molecule has 1 rings (SSSR count). The van der Waals surface area contributed by atoms with Crippen molar-refractivity contribution in [3.8, 4) is 0 Å². The number of nitrogens with one attached hydrogen (secondary N) is 3. The van der Waals surface area contributed by atoms with Crippen molar-refractivity contribution in [1.29, 1.82) is 0 Å². The summed E-state index contributed by atoms with van der Waals surface area (Å²) < 4.78 is 15.6. The van der Waals surface area contributed by atoms with Crippen LogP contribution in [0.15, 0.2) is 0 Å². The van der Waals surface area contributed by atoms with Gasteiger partial charge in [-0.25, -0.2) is 9.59 Å². The van der Waals surface area contributed by atoms with E-state index in [-0.39, 0.29) is 19.1 Å². The lowest BCUT2D eigenvalue weighted by Crippen LogP contribution is -2.54. The van der Waals surface area contributed by atoms with Crippen molar-refractivity contribution in [2.24, 2.45) is 5.92 Å². The van der Waals surface area contributed by atoms with Crippen LogP contribution >= 0.6 is 0 Å². The summed E-state index contributed by atoms with van der Waals surface area (Å²) in [5, 5.41) is 7.49. The third kappa shape index (κ3) is 11.3. The third-order valence-electron chi connectivity index (χ3n) is 4.53. The van der Waals surface area contributed by atoms with Crippen LogP contribution in [-0.4, -0.2) is 92.5 Å². The number of hydrogen-bond donors (Lipinski definition) is 3. The average molecular weight is 459 g/mol. The van der Waals surface area contributed by atoms with Crippen LogP contribution in [0.3, 0.4) is 0 Å². The normalized spacial score (nSPS) is 16.6. The van der Waals surface area contributed by atoms with E-state index in [4.69, 9.17) is 14.2 Å². The van der Waals surface area contributed by atoms with Crippen LogP contribution in [0.4, 0.5) is 4.79 Å². The fraction of sp³-hybridized carbons (Fsp3) is 0.810. The first-order valence-corrected chi connectivity index (χ1v) is 10.9. The maximum absolute atomic E-state index is 12.6. The number of morpholine rings is 1. The van der Waals surface area contributed by atoms with Crippen molar-refractivity contribution in [2.75, 3.05) is 46.0 Å². The number of esters is 1. The highest BCUT2D eigenvalue weighted by Gasteiger charge is 2.28. The zero-order chi connectivity index (χ0) is 24.3. The monoisotopic (exact) mass is 458 g/mol. The number of carbonyl (C=O) groups excluding carboxylic acids is 4. The quantitative estimate of drug-likeness (QED) is 0.390. The van der Waals surface area contributed by atoms with Crippen molar-refractivity contribution in [1.82, 2.24) is 20.9 Å². The van der Waals surface area contributed by atoms with Crippen LogP contribution in [0.2, 0.25) is 0 Å². The van der Waals surface area contributed by atoms with Gasteiger partial charge in [0.15, 0.2) is 0 Å². The summed E-state index contributed by atoms with van der Waals surface area (Å²) in [6.45, 7) is 13.6. The summed E-state index contributed by atoms with van der Waals surface area (Å²) in [4.78, 5) is 50.8. The SMILES string of the molecule is CC(C)[C@H](NC(=O)CNC(=O)OC(C)(C)C)C(=O)N[C@@H](C)C(=O)OCCN1CCOCC1. The molecule has 0 bridgehead atoms. The second-order valence-corrected chi connectivity index (χ2v) is 9.00. The van der Waals surface area contributed by atoms with Gasteiger partial charge in [0, 0.05) is 19.6 Å². The first-order chi connectivity index (χ1) is 14.9. The number of rotatable bonds is 10. The molecule has 0 aromatic rings. The number of ether oxygens (including phenoxy) is 3. The molecule has 184 valence electrons. The van der Waals surface area contributed by atoms with Gasteiger partial charge in [-0.3, -0.25) is 14.5 Å². The smallest absolute Gasteiger partial charge is 0.408 e. The van der Waals surface area contributed by atoms with Gasteiger partial charge in [-0.1, -0.05) is 13.8 Å². The molecule has 0 unspecified atom stereocenters. The van der Waals surface area contributed by atoms with E-state index in [9.17, 15) is 19.2 Å². The second kappa shape index (κ2) is 13.2. The Hall–Kier alpha value is -2.40. The highest BCUT2D eigenvalue weighted by atomic mass is 16.6. The van der Waals surface area contributed by atoms with E-state index in [1.54, 1.807) is 34.6 Å². The summed E-state index contributed by atoms with van der Waals surface area (Å²) in [6, 6.07) is -1.75. The number of nitrogens with zero attached hydrogens (tertiary/aromatic N) is 1. The van der Waals surface area contributed by atoms with E-state index in [0.29, 0.717) is 19.8 Å². The molecule has 0 radical (unpaired) electrons. The zero-order valence-corrected chi connectivity index (χ0v) is 20.0. The van der Waals surface area contributed by atoms with Crippen LogP contribution in [-0.2, 0) is 28.6 Å². The van der Waals surface area contributed by atoms with Crippen LogP contribution in [0.25, 0.3) is 0 Å². The molecule has 0 aromatic heterocycles. The van der Waals surface area contributed by atoms with Gasteiger partial charge in [0.2, 0.25) is 11.8 Å². The standard InChI is InChI=1S/C21H38N4O7/c1-14(2)17(24-16(26)13-22-20(29)32-21(4,5)6)18(27)23-15(3)19(28)31-12-9-25-7-10-30-11-8-25/h14-15,17H,7-13H2,1-6H3,(H,22,29)(H,23,27)(H,24,26)/t15-,17-/m0/s1. The summed E-state index contributed by atoms with van der Waals surface area (Å²) in [5.74, 6) is -1.86. The minimum absolute atomic E-state index is 0.222. The maximum Gasteiger partial charge on any atom is 0.408 e. The summed E-state index contributed by atoms with van der Waals surface area (Å²) in [7, 11) is 0. The molecular formula is C21H38N4O7. The fourth-order valence-corrected chi connectivity index (χ4v) is 2.81. The molecule has 11 nitrogen and oxygen atoms in total. The summed E-state index contributed by atoms with van der Waals surface area (Å²) in [5.41, 5.74) is -0.687. The minimum atomic E-state index is -0.883. The molecule has 2 atom stereocenters. The molecule has 0 spiro atoms. The molecule has 3 N–H and O–H groups in total. The molecule has 1 heterocycles. The van der Waals surface area contributed by atoms with Crippen molar-refractivity contribution >= 4 is 23.9 Å². The molecule has 0 aromatic carbocycles. The lowest BCUT2D eigenvalue weighted by atomic mass is 10.0. The van der Waals surface area contributed by atoms with Gasteiger partial charge < -0.3 is 30.2 Å². The van der Waals surface area contributed by atoms with E-state index in [0.717, 1.165) is 13.1 Å².